The Hall–Kier alpha value is -3.57. The zero-order valence-electron chi connectivity index (χ0n) is 21.9. The summed E-state index contributed by atoms with van der Waals surface area (Å²) < 4.78 is 5.38. The van der Waals surface area contributed by atoms with Gasteiger partial charge in [0.05, 0.1) is 42.8 Å². The van der Waals surface area contributed by atoms with Crippen molar-refractivity contribution in [1.82, 2.24) is 25.2 Å². The molecule has 0 saturated carbocycles. The van der Waals surface area contributed by atoms with E-state index in [9.17, 15) is 14.7 Å². The predicted octanol–water partition coefficient (Wildman–Crippen LogP) is 2.96. The van der Waals surface area contributed by atoms with Crippen LogP contribution in [0.4, 0.5) is 5.95 Å². The summed E-state index contributed by atoms with van der Waals surface area (Å²) in [5, 5.41) is 15.1. The van der Waals surface area contributed by atoms with E-state index in [2.05, 4.69) is 20.7 Å². The van der Waals surface area contributed by atoms with E-state index < -0.39 is 12.1 Å². The number of morpholine rings is 1. The van der Waals surface area contributed by atoms with Crippen molar-refractivity contribution in [3.05, 3.63) is 75.9 Å². The number of rotatable bonds is 8. The van der Waals surface area contributed by atoms with Crippen LogP contribution in [-0.2, 0) is 16.1 Å². The number of aromatic nitrogens is 2. The number of anilines is 1. The van der Waals surface area contributed by atoms with Crippen molar-refractivity contribution >= 4 is 29.4 Å². The average Bonchev–Trinajstić information content (AvgIpc) is 3.28. The van der Waals surface area contributed by atoms with E-state index in [0.29, 0.717) is 60.6 Å². The molecule has 1 fully saturated rings. The van der Waals surface area contributed by atoms with E-state index in [4.69, 9.17) is 16.3 Å². The summed E-state index contributed by atoms with van der Waals surface area (Å²) in [6, 6.07) is 11.8. The maximum atomic E-state index is 13.4. The fourth-order valence-electron chi connectivity index (χ4n) is 4.78. The van der Waals surface area contributed by atoms with Crippen LogP contribution < -0.4 is 10.7 Å². The Balaban J connectivity index is 1.31. The van der Waals surface area contributed by atoms with Crippen LogP contribution in [0.1, 0.15) is 40.0 Å². The molecule has 2 aromatic carbocycles. The number of hydrogen-bond acceptors (Lipinski definition) is 8. The van der Waals surface area contributed by atoms with Gasteiger partial charge in [-0.1, -0.05) is 53.6 Å². The third-order valence-electron chi connectivity index (χ3n) is 7.02. The van der Waals surface area contributed by atoms with Gasteiger partial charge in [0, 0.05) is 30.8 Å². The highest BCUT2D eigenvalue weighted by atomic mass is 35.5. The van der Waals surface area contributed by atoms with Crippen molar-refractivity contribution < 1.29 is 19.4 Å². The third kappa shape index (κ3) is 5.89. The number of amides is 2. The van der Waals surface area contributed by atoms with Gasteiger partial charge in [-0.05, 0) is 31.0 Å². The van der Waals surface area contributed by atoms with Crippen molar-refractivity contribution in [2.24, 2.45) is 0 Å². The highest BCUT2D eigenvalue weighted by Crippen LogP contribution is 2.32. The van der Waals surface area contributed by atoms with Crippen LogP contribution in [-0.4, -0.2) is 75.7 Å². The molecule has 3 N–H and O–H groups in total. The molecule has 0 bridgehead atoms. The number of nitrogens with one attached hydrogen (secondary N) is 2. The van der Waals surface area contributed by atoms with E-state index in [1.807, 2.05) is 48.3 Å². The first-order valence-electron chi connectivity index (χ1n) is 12.9. The van der Waals surface area contributed by atoms with Gasteiger partial charge in [0.15, 0.2) is 0 Å². The Kier molecular flexibility index (Phi) is 8.08. The number of ether oxygens (including phenoxy) is 1. The molecule has 3 aromatic rings. The molecule has 39 heavy (non-hydrogen) atoms. The number of fused-ring (bicyclic) bond motifs is 1. The van der Waals surface area contributed by atoms with Gasteiger partial charge in [-0.3, -0.25) is 15.0 Å². The first-order valence-corrected chi connectivity index (χ1v) is 13.3. The number of aliphatic hydroxyl groups is 1. The normalized spacial score (nSPS) is 17.0. The minimum atomic E-state index is -0.737. The standard InChI is InChI=1S/C28H31ClN6O4/c1-17-4-3-5-19(12-17)24(16-36)31-26(37)18(2)35-15-21-7-6-20(13-22(21)27(35)38)25-23(29)14-30-28(32-25)33-34-8-10-39-11-9-34/h3-7,12-14,18,24,36H,8-11,15-16H2,1-2H3,(H,31,37)(H,30,32,33)/t18-,24-/m1/s1. The molecule has 0 spiro atoms. The van der Waals surface area contributed by atoms with Crippen molar-refractivity contribution in [2.45, 2.75) is 32.5 Å². The smallest absolute Gasteiger partial charge is 0.255 e. The summed E-state index contributed by atoms with van der Waals surface area (Å²) in [5.41, 5.74) is 7.53. The number of hydrogen-bond donors (Lipinski definition) is 3. The summed E-state index contributed by atoms with van der Waals surface area (Å²) in [6.07, 6.45) is 1.53. The number of nitrogens with zero attached hydrogens (tertiary/aromatic N) is 4. The molecule has 2 aliphatic heterocycles. The zero-order chi connectivity index (χ0) is 27.5. The highest BCUT2D eigenvalue weighted by molar-refractivity contribution is 6.33. The summed E-state index contributed by atoms with van der Waals surface area (Å²) >= 11 is 6.45. The number of carbonyl (C=O) groups is 2. The second-order valence-electron chi connectivity index (χ2n) is 9.74. The van der Waals surface area contributed by atoms with Crippen LogP contribution in [0.2, 0.25) is 5.02 Å². The van der Waals surface area contributed by atoms with Crippen LogP contribution in [0.15, 0.2) is 48.7 Å². The van der Waals surface area contributed by atoms with Crippen LogP contribution in [0, 0.1) is 6.92 Å². The molecule has 0 radical (unpaired) electrons. The fraction of sp³-hybridized carbons (Fsp3) is 0.357. The first kappa shape index (κ1) is 27.0. The topological polar surface area (TPSA) is 120 Å². The molecule has 2 aliphatic rings. The lowest BCUT2D eigenvalue weighted by Crippen LogP contribution is -2.46. The van der Waals surface area contributed by atoms with Gasteiger partial charge in [0.1, 0.15) is 6.04 Å². The number of aryl methyl sites for hydroxylation is 1. The molecular weight excluding hydrogens is 520 g/mol. The van der Waals surface area contributed by atoms with E-state index in [1.54, 1.807) is 13.0 Å². The largest absolute Gasteiger partial charge is 0.394 e. The van der Waals surface area contributed by atoms with Crippen molar-refractivity contribution in [3.8, 4) is 11.3 Å². The summed E-state index contributed by atoms with van der Waals surface area (Å²) in [6.45, 7) is 6.36. The van der Waals surface area contributed by atoms with Crippen molar-refractivity contribution in [1.29, 1.82) is 0 Å². The molecule has 0 aliphatic carbocycles. The lowest BCUT2D eigenvalue weighted by Gasteiger charge is -2.27. The minimum absolute atomic E-state index is 0.248. The Labute approximate surface area is 231 Å². The summed E-state index contributed by atoms with van der Waals surface area (Å²) in [7, 11) is 0. The number of benzene rings is 2. The molecule has 5 rings (SSSR count). The number of halogens is 1. The quantitative estimate of drug-likeness (QED) is 0.391. The lowest BCUT2D eigenvalue weighted by atomic mass is 10.0. The van der Waals surface area contributed by atoms with Gasteiger partial charge in [0.25, 0.3) is 5.91 Å². The van der Waals surface area contributed by atoms with Gasteiger partial charge in [-0.15, -0.1) is 0 Å². The van der Waals surface area contributed by atoms with Gasteiger partial charge in [-0.25, -0.2) is 15.0 Å². The molecule has 11 heteroatoms. The highest BCUT2D eigenvalue weighted by Gasteiger charge is 2.35. The van der Waals surface area contributed by atoms with E-state index in [-0.39, 0.29) is 18.4 Å². The predicted molar refractivity (Wildman–Crippen MR) is 147 cm³/mol. The number of hydrazine groups is 1. The zero-order valence-corrected chi connectivity index (χ0v) is 22.6. The Morgan fingerprint density at radius 1 is 1.21 bits per heavy atom. The molecule has 10 nitrogen and oxygen atoms in total. The Morgan fingerprint density at radius 2 is 2.00 bits per heavy atom. The second-order valence-corrected chi connectivity index (χ2v) is 10.1. The molecule has 2 atom stereocenters. The van der Waals surface area contributed by atoms with Crippen molar-refractivity contribution in [3.63, 3.8) is 0 Å². The monoisotopic (exact) mass is 550 g/mol. The molecule has 3 heterocycles. The summed E-state index contributed by atoms with van der Waals surface area (Å²) in [5.74, 6) is -0.181. The van der Waals surface area contributed by atoms with Crippen LogP contribution in [0.3, 0.4) is 0 Å². The molecule has 1 aromatic heterocycles. The minimum Gasteiger partial charge on any atom is -0.394 e. The number of carbonyl (C=O) groups excluding carboxylic acids is 2. The maximum Gasteiger partial charge on any atom is 0.255 e. The fourth-order valence-corrected chi connectivity index (χ4v) is 4.98. The van der Waals surface area contributed by atoms with Gasteiger partial charge < -0.3 is 20.1 Å². The first-order chi connectivity index (χ1) is 18.8. The number of aliphatic hydroxyl groups excluding tert-OH is 1. The van der Waals surface area contributed by atoms with Crippen molar-refractivity contribution in [2.75, 3.05) is 38.3 Å². The van der Waals surface area contributed by atoms with Crippen LogP contribution >= 0.6 is 11.6 Å². The van der Waals surface area contributed by atoms with E-state index >= 15 is 0 Å². The molecule has 204 valence electrons. The second kappa shape index (κ2) is 11.7. The van der Waals surface area contributed by atoms with E-state index in [0.717, 1.165) is 16.7 Å². The molecule has 2 amide bonds. The van der Waals surface area contributed by atoms with Crippen LogP contribution in [0.25, 0.3) is 11.3 Å². The third-order valence-corrected chi connectivity index (χ3v) is 7.30. The van der Waals surface area contributed by atoms with Crippen LogP contribution in [0.5, 0.6) is 0 Å². The molecular formula is C28H31ClN6O4. The Morgan fingerprint density at radius 3 is 2.74 bits per heavy atom. The lowest BCUT2D eigenvalue weighted by molar-refractivity contribution is -0.126. The SMILES string of the molecule is Cc1cccc([C@@H](CO)NC(=O)[C@@H](C)N2Cc3ccc(-c4nc(NN5CCOCC5)ncc4Cl)cc3C2=O)c1. The van der Waals surface area contributed by atoms with Gasteiger partial charge in [0.2, 0.25) is 11.9 Å². The van der Waals surface area contributed by atoms with Gasteiger partial charge in [-0.2, -0.15) is 0 Å². The van der Waals surface area contributed by atoms with E-state index in [1.165, 1.54) is 11.1 Å². The molecule has 0 unspecified atom stereocenters. The molecule has 1 saturated heterocycles. The maximum absolute atomic E-state index is 13.4. The summed E-state index contributed by atoms with van der Waals surface area (Å²) in [4.78, 5) is 36.9. The average molecular weight is 551 g/mol. The Bertz CT molecular complexity index is 1380. The van der Waals surface area contributed by atoms with Gasteiger partial charge >= 0.3 is 0 Å².